The molecule has 0 aliphatic carbocycles. The largest absolute Gasteiger partial charge is 0.379 e. The molecule has 0 fully saturated rings. The van der Waals surface area contributed by atoms with Crippen molar-refractivity contribution in [2.45, 2.75) is 210 Å². The second kappa shape index (κ2) is 32.5. The van der Waals surface area contributed by atoms with Crippen LogP contribution in [0, 0.1) is 47.3 Å². The fraction of sp³-hybridized carbons (Fsp3) is 1.00. The Kier molecular flexibility index (Phi) is 32.4. The molecule has 0 heterocycles. The third-order valence-corrected chi connectivity index (χ3v) is 11.5. The van der Waals surface area contributed by atoms with E-state index in [0.717, 1.165) is 80.1 Å². The fourth-order valence-electron chi connectivity index (χ4n) is 7.43. The molecule has 7 atom stereocenters. The fourth-order valence-corrected chi connectivity index (χ4v) is 7.43. The molecule has 0 aromatic carbocycles. The molecule has 49 heavy (non-hydrogen) atoms. The Morgan fingerprint density at radius 3 is 1.00 bits per heavy atom. The quantitative estimate of drug-likeness (QED) is 0.0610. The Bertz CT molecular complexity index is 678. The summed E-state index contributed by atoms with van der Waals surface area (Å²) in [6.07, 6.45) is 28.8. The molecule has 0 saturated carbocycles. The molecule has 0 amide bonds. The molecular weight excluding hydrogens is 599 g/mol. The van der Waals surface area contributed by atoms with Crippen LogP contribution in [0.3, 0.4) is 0 Å². The molecule has 0 aromatic heterocycles. The molecule has 0 aromatic rings. The minimum Gasteiger partial charge on any atom is -0.379 e. The molecule has 0 bridgehead atoms. The van der Waals surface area contributed by atoms with Crippen molar-refractivity contribution >= 4 is 0 Å². The Balaban J connectivity index is 4.05. The number of rotatable bonds is 36. The Labute approximate surface area is 311 Å². The smallest absolute Gasteiger partial charge is 0.0820 e. The Morgan fingerprint density at radius 1 is 0.367 bits per heavy atom. The van der Waals surface area contributed by atoms with Crippen LogP contribution in [0.5, 0.6) is 0 Å². The summed E-state index contributed by atoms with van der Waals surface area (Å²) in [7, 11) is 4.32. The first-order valence-electron chi connectivity index (χ1n) is 22.1. The molecule has 0 rings (SSSR count). The van der Waals surface area contributed by atoms with E-state index in [0.29, 0.717) is 0 Å². The van der Waals surface area contributed by atoms with E-state index in [-0.39, 0.29) is 6.10 Å². The van der Waals surface area contributed by atoms with Gasteiger partial charge in [0.1, 0.15) is 0 Å². The van der Waals surface area contributed by atoms with Crippen molar-refractivity contribution in [3.63, 3.8) is 0 Å². The molecule has 3 nitrogen and oxygen atoms in total. The lowest BCUT2D eigenvalue weighted by molar-refractivity contribution is -0.0287. The molecule has 0 N–H and O–H groups in total. The highest BCUT2D eigenvalue weighted by molar-refractivity contribution is 4.65. The van der Waals surface area contributed by atoms with Crippen LogP contribution in [-0.2, 0) is 9.47 Å². The summed E-state index contributed by atoms with van der Waals surface area (Å²) in [5, 5.41) is 0. The standard InChI is InChI=1S/C46H95NO2/c1-38(2)19-13-21-40(5)23-15-25-42(7)27-17-29-44(9)32-35-48-37-46(31-34-47(11)12)49-36-33-45(10)30-18-28-43(8)26-16-24-41(6)22-14-20-39(3)4/h38-46H,13-37H2,1-12H3. The maximum atomic E-state index is 6.43. The van der Waals surface area contributed by atoms with Gasteiger partial charge in [-0.15, -0.1) is 0 Å². The SMILES string of the molecule is CC(C)CCCC(C)CCCC(C)CCCC(C)CCOCC(CCN(C)C)OCCC(C)CCCC(C)CCCC(C)CCCC(C)C. The highest BCUT2D eigenvalue weighted by atomic mass is 16.5. The zero-order valence-corrected chi connectivity index (χ0v) is 36.1. The van der Waals surface area contributed by atoms with Gasteiger partial charge in [-0.2, -0.15) is 0 Å². The number of hydrogen-bond donors (Lipinski definition) is 0. The van der Waals surface area contributed by atoms with Crippen molar-refractivity contribution in [3.05, 3.63) is 0 Å². The van der Waals surface area contributed by atoms with Crippen molar-refractivity contribution in [1.29, 1.82) is 0 Å². The van der Waals surface area contributed by atoms with Gasteiger partial charge in [-0.1, -0.05) is 185 Å². The summed E-state index contributed by atoms with van der Waals surface area (Å²) in [4.78, 5) is 2.27. The summed E-state index contributed by atoms with van der Waals surface area (Å²) >= 11 is 0. The van der Waals surface area contributed by atoms with Gasteiger partial charge in [-0.05, 0) is 80.7 Å². The van der Waals surface area contributed by atoms with Crippen LogP contribution in [-0.4, -0.2) is 51.5 Å². The molecule has 7 unspecified atom stereocenters. The highest BCUT2D eigenvalue weighted by Crippen LogP contribution is 2.24. The van der Waals surface area contributed by atoms with Crippen LogP contribution in [0.25, 0.3) is 0 Å². The van der Waals surface area contributed by atoms with E-state index in [9.17, 15) is 0 Å². The molecule has 296 valence electrons. The van der Waals surface area contributed by atoms with E-state index in [1.54, 1.807) is 0 Å². The zero-order chi connectivity index (χ0) is 36.9. The van der Waals surface area contributed by atoms with Gasteiger partial charge in [0.15, 0.2) is 0 Å². The molecule has 0 aliphatic heterocycles. The van der Waals surface area contributed by atoms with Crippen LogP contribution < -0.4 is 0 Å². The second-order valence-electron chi connectivity index (χ2n) is 18.7. The van der Waals surface area contributed by atoms with Gasteiger partial charge in [-0.3, -0.25) is 0 Å². The van der Waals surface area contributed by atoms with Crippen LogP contribution in [0.4, 0.5) is 0 Å². The van der Waals surface area contributed by atoms with Gasteiger partial charge in [-0.25, -0.2) is 0 Å². The second-order valence-corrected chi connectivity index (χ2v) is 18.7. The van der Waals surface area contributed by atoms with Crippen molar-refractivity contribution in [2.75, 3.05) is 40.5 Å². The highest BCUT2D eigenvalue weighted by Gasteiger charge is 2.14. The van der Waals surface area contributed by atoms with Gasteiger partial charge in [0.05, 0.1) is 12.7 Å². The summed E-state index contributed by atoms with van der Waals surface area (Å²) in [5.41, 5.74) is 0. The minimum atomic E-state index is 0.219. The molecule has 0 radical (unpaired) electrons. The summed E-state index contributed by atoms with van der Waals surface area (Å²) in [6.45, 7) is 27.7. The third-order valence-electron chi connectivity index (χ3n) is 11.5. The molecule has 0 aliphatic rings. The lowest BCUT2D eigenvalue weighted by Gasteiger charge is -2.22. The van der Waals surface area contributed by atoms with Crippen LogP contribution >= 0.6 is 0 Å². The summed E-state index contributed by atoms with van der Waals surface area (Å²) in [5.74, 6) is 6.77. The van der Waals surface area contributed by atoms with Gasteiger partial charge in [0.2, 0.25) is 0 Å². The molecule has 0 spiro atoms. The van der Waals surface area contributed by atoms with Gasteiger partial charge < -0.3 is 14.4 Å². The van der Waals surface area contributed by atoms with Crippen molar-refractivity contribution in [3.8, 4) is 0 Å². The monoisotopic (exact) mass is 694 g/mol. The minimum absolute atomic E-state index is 0.219. The number of ether oxygens (including phenoxy) is 2. The predicted octanol–water partition coefficient (Wildman–Crippen LogP) is 14.3. The predicted molar refractivity (Wildman–Crippen MR) is 221 cm³/mol. The van der Waals surface area contributed by atoms with E-state index in [2.05, 4.69) is 88.2 Å². The average molecular weight is 694 g/mol. The van der Waals surface area contributed by atoms with Crippen molar-refractivity contribution in [1.82, 2.24) is 4.90 Å². The number of nitrogens with zero attached hydrogens (tertiary/aromatic N) is 1. The van der Waals surface area contributed by atoms with Crippen molar-refractivity contribution in [2.24, 2.45) is 47.3 Å². The van der Waals surface area contributed by atoms with E-state index in [4.69, 9.17) is 9.47 Å². The maximum absolute atomic E-state index is 6.43. The van der Waals surface area contributed by atoms with Gasteiger partial charge in [0.25, 0.3) is 0 Å². The summed E-state index contributed by atoms with van der Waals surface area (Å²) in [6, 6.07) is 0. The van der Waals surface area contributed by atoms with Gasteiger partial charge in [0, 0.05) is 19.8 Å². The summed E-state index contributed by atoms with van der Waals surface area (Å²) < 4.78 is 12.7. The third kappa shape index (κ3) is 34.7. The van der Waals surface area contributed by atoms with Gasteiger partial charge >= 0.3 is 0 Å². The first kappa shape index (κ1) is 48.9. The van der Waals surface area contributed by atoms with Crippen LogP contribution in [0.2, 0.25) is 0 Å². The first-order valence-corrected chi connectivity index (χ1v) is 22.1. The zero-order valence-electron chi connectivity index (χ0n) is 36.1. The average Bonchev–Trinajstić information content (AvgIpc) is 3.01. The normalized spacial score (nSPS) is 16.7. The van der Waals surface area contributed by atoms with E-state index >= 15 is 0 Å². The Hall–Kier alpha value is -0.120. The molecule has 3 heteroatoms. The van der Waals surface area contributed by atoms with Crippen molar-refractivity contribution < 1.29 is 9.47 Å². The lowest BCUT2D eigenvalue weighted by Crippen LogP contribution is -2.27. The van der Waals surface area contributed by atoms with Crippen LogP contribution in [0.15, 0.2) is 0 Å². The molecular formula is C46H95NO2. The topological polar surface area (TPSA) is 21.7 Å². The van der Waals surface area contributed by atoms with E-state index in [1.807, 2.05) is 0 Å². The van der Waals surface area contributed by atoms with Crippen LogP contribution in [0.1, 0.15) is 204 Å². The first-order chi connectivity index (χ1) is 23.3. The maximum Gasteiger partial charge on any atom is 0.0820 e. The molecule has 0 saturated heterocycles. The van der Waals surface area contributed by atoms with E-state index in [1.165, 1.54) is 128 Å². The Morgan fingerprint density at radius 2 is 0.673 bits per heavy atom. The van der Waals surface area contributed by atoms with E-state index < -0.39 is 0 Å². The number of hydrogen-bond acceptors (Lipinski definition) is 3. The lowest BCUT2D eigenvalue weighted by atomic mass is 9.91.